The molecule has 0 aliphatic rings. The quantitative estimate of drug-likeness (QED) is 0.941. The summed E-state index contributed by atoms with van der Waals surface area (Å²) in [5, 5.41) is 4.57. The number of alkyl halides is 3. The van der Waals surface area contributed by atoms with Crippen molar-refractivity contribution in [1.82, 2.24) is 9.97 Å². The smallest absolute Gasteiger partial charge is 0.422 e. The van der Waals surface area contributed by atoms with E-state index in [9.17, 15) is 18.0 Å². The van der Waals surface area contributed by atoms with Gasteiger partial charge in [-0.1, -0.05) is 0 Å². The number of rotatable bonds is 4. The molecule has 5 nitrogen and oxygen atoms in total. The zero-order valence-electron chi connectivity index (χ0n) is 10.8. The summed E-state index contributed by atoms with van der Waals surface area (Å²) in [7, 11) is 0. The number of nitrogens with zero attached hydrogens (tertiary/aromatic N) is 2. The molecule has 1 amide bonds. The summed E-state index contributed by atoms with van der Waals surface area (Å²) in [4.78, 5) is 19.7. The van der Waals surface area contributed by atoms with Crippen molar-refractivity contribution in [2.24, 2.45) is 0 Å². The number of amides is 1. The minimum atomic E-state index is -4.50. The largest absolute Gasteiger partial charge is 0.467 e. The van der Waals surface area contributed by atoms with Crippen LogP contribution < -0.4 is 10.1 Å². The van der Waals surface area contributed by atoms with Crippen molar-refractivity contribution in [1.29, 1.82) is 0 Å². The highest BCUT2D eigenvalue weighted by molar-refractivity contribution is 7.13. The number of hydrogen-bond acceptors (Lipinski definition) is 5. The van der Waals surface area contributed by atoms with E-state index in [1.165, 1.54) is 29.7 Å². The average Bonchev–Trinajstić information content (AvgIpc) is 2.81. The summed E-state index contributed by atoms with van der Waals surface area (Å²) in [6.45, 7) is 0.245. The van der Waals surface area contributed by atoms with Gasteiger partial charge in [0.15, 0.2) is 11.7 Å². The number of aryl methyl sites for hydroxylation is 1. The highest BCUT2D eigenvalue weighted by atomic mass is 32.1. The van der Waals surface area contributed by atoms with Gasteiger partial charge in [0, 0.05) is 11.6 Å². The predicted molar refractivity (Wildman–Crippen MR) is 70.6 cm³/mol. The first-order chi connectivity index (χ1) is 9.85. The van der Waals surface area contributed by atoms with Crippen LogP contribution in [0.4, 0.5) is 18.3 Å². The van der Waals surface area contributed by atoms with Gasteiger partial charge in [-0.2, -0.15) is 13.2 Å². The fraction of sp³-hybridized carbons (Fsp3) is 0.250. The van der Waals surface area contributed by atoms with E-state index in [-0.39, 0.29) is 11.4 Å². The molecule has 0 saturated heterocycles. The van der Waals surface area contributed by atoms with Crippen molar-refractivity contribution < 1.29 is 22.7 Å². The molecule has 1 N–H and O–H groups in total. The molecular weight excluding hydrogens is 307 g/mol. The average molecular weight is 317 g/mol. The topological polar surface area (TPSA) is 64.1 Å². The second kappa shape index (κ2) is 6.08. The molecule has 0 aromatic carbocycles. The van der Waals surface area contributed by atoms with Gasteiger partial charge in [-0.15, -0.1) is 11.3 Å². The third kappa shape index (κ3) is 4.42. The number of hydrogen-bond donors (Lipinski definition) is 1. The van der Waals surface area contributed by atoms with E-state index in [1.807, 2.05) is 0 Å². The van der Waals surface area contributed by atoms with Gasteiger partial charge in [0.1, 0.15) is 5.56 Å². The monoisotopic (exact) mass is 317 g/mol. The fourth-order valence-electron chi connectivity index (χ4n) is 1.40. The fourth-order valence-corrected chi connectivity index (χ4v) is 2.09. The van der Waals surface area contributed by atoms with Crippen molar-refractivity contribution in [3.8, 4) is 5.88 Å². The molecule has 0 unspecified atom stereocenters. The predicted octanol–water partition coefficient (Wildman–Crippen LogP) is 3.04. The number of halogens is 3. The summed E-state index contributed by atoms with van der Waals surface area (Å²) >= 11 is 1.21. The second-order valence-electron chi connectivity index (χ2n) is 4.01. The first-order valence-electron chi connectivity index (χ1n) is 5.73. The number of thiazole rings is 1. The first-order valence-corrected chi connectivity index (χ1v) is 6.61. The second-order valence-corrected chi connectivity index (χ2v) is 4.87. The molecule has 21 heavy (non-hydrogen) atoms. The normalized spacial score (nSPS) is 11.2. The Hall–Kier alpha value is -2.16. The molecule has 0 fully saturated rings. The number of nitrogens with one attached hydrogen (secondary N) is 1. The van der Waals surface area contributed by atoms with Gasteiger partial charge < -0.3 is 4.74 Å². The van der Waals surface area contributed by atoms with Crippen LogP contribution in [0, 0.1) is 6.92 Å². The van der Waals surface area contributed by atoms with Gasteiger partial charge in [0.05, 0.1) is 5.69 Å². The van der Waals surface area contributed by atoms with Crippen LogP contribution in [0.15, 0.2) is 23.7 Å². The Labute approximate surface area is 121 Å². The molecule has 112 valence electrons. The Bertz CT molecular complexity index is 643. The van der Waals surface area contributed by atoms with Crippen molar-refractivity contribution in [3.05, 3.63) is 35.0 Å². The minimum absolute atomic E-state index is 0.0883. The van der Waals surface area contributed by atoms with Crippen molar-refractivity contribution in [2.45, 2.75) is 13.1 Å². The Kier molecular flexibility index (Phi) is 4.41. The SMILES string of the molecule is Cc1csc(NC(=O)c2cccnc2OCC(F)(F)F)n1. The van der Waals surface area contributed by atoms with Gasteiger partial charge in [-0.25, -0.2) is 9.97 Å². The van der Waals surface area contributed by atoms with E-state index in [2.05, 4.69) is 20.0 Å². The number of carbonyl (C=O) groups excluding carboxylic acids is 1. The van der Waals surface area contributed by atoms with Crippen LogP contribution in [0.25, 0.3) is 0 Å². The summed E-state index contributed by atoms with van der Waals surface area (Å²) in [6.07, 6.45) is -3.26. The van der Waals surface area contributed by atoms with E-state index in [1.54, 1.807) is 12.3 Å². The number of aromatic nitrogens is 2. The lowest BCUT2D eigenvalue weighted by atomic mass is 10.2. The van der Waals surface area contributed by atoms with Crippen LogP contribution in [0.2, 0.25) is 0 Å². The lowest BCUT2D eigenvalue weighted by Crippen LogP contribution is -2.21. The Balaban J connectivity index is 2.13. The van der Waals surface area contributed by atoms with Crippen molar-refractivity contribution >= 4 is 22.4 Å². The van der Waals surface area contributed by atoms with Crippen LogP contribution >= 0.6 is 11.3 Å². The third-order valence-corrected chi connectivity index (χ3v) is 3.10. The zero-order chi connectivity index (χ0) is 15.5. The maximum atomic E-state index is 12.2. The molecule has 2 rings (SSSR count). The molecule has 2 aromatic rings. The minimum Gasteiger partial charge on any atom is -0.467 e. The molecule has 0 aliphatic carbocycles. The Morgan fingerprint density at radius 3 is 2.86 bits per heavy atom. The van der Waals surface area contributed by atoms with Crippen LogP contribution in [-0.2, 0) is 0 Å². The van der Waals surface area contributed by atoms with Crippen LogP contribution in [0.1, 0.15) is 16.1 Å². The van der Waals surface area contributed by atoms with Crippen molar-refractivity contribution in [3.63, 3.8) is 0 Å². The maximum Gasteiger partial charge on any atom is 0.422 e. The molecule has 0 saturated carbocycles. The highest BCUT2D eigenvalue weighted by Gasteiger charge is 2.29. The first kappa shape index (κ1) is 15.2. The lowest BCUT2D eigenvalue weighted by molar-refractivity contribution is -0.154. The summed E-state index contributed by atoms with van der Waals surface area (Å²) in [6, 6.07) is 2.76. The van der Waals surface area contributed by atoms with E-state index < -0.39 is 18.7 Å². The molecule has 2 heterocycles. The van der Waals surface area contributed by atoms with Gasteiger partial charge >= 0.3 is 6.18 Å². The Morgan fingerprint density at radius 2 is 2.24 bits per heavy atom. The van der Waals surface area contributed by atoms with E-state index in [4.69, 9.17) is 0 Å². The summed E-state index contributed by atoms with van der Waals surface area (Å²) in [5.74, 6) is -1.00. The van der Waals surface area contributed by atoms with Gasteiger partial charge in [0.25, 0.3) is 5.91 Å². The lowest BCUT2D eigenvalue weighted by Gasteiger charge is -2.11. The summed E-state index contributed by atoms with van der Waals surface area (Å²) < 4.78 is 41.0. The van der Waals surface area contributed by atoms with Gasteiger partial charge in [-0.3, -0.25) is 10.1 Å². The molecule has 0 spiro atoms. The molecule has 0 atom stereocenters. The summed E-state index contributed by atoms with van der Waals surface area (Å²) in [5.41, 5.74) is 0.643. The maximum absolute atomic E-state index is 12.2. The Morgan fingerprint density at radius 1 is 1.48 bits per heavy atom. The van der Waals surface area contributed by atoms with Crippen molar-refractivity contribution in [2.75, 3.05) is 11.9 Å². The zero-order valence-corrected chi connectivity index (χ0v) is 11.6. The standard InChI is InChI=1S/C12H10F3N3O2S/c1-7-5-21-11(17-7)18-9(19)8-3-2-4-16-10(8)20-6-12(13,14)15/h2-5H,6H2,1H3,(H,17,18,19). The van der Waals surface area contributed by atoms with Crippen LogP contribution in [0.5, 0.6) is 5.88 Å². The third-order valence-electron chi connectivity index (χ3n) is 2.23. The molecular formula is C12H10F3N3O2S. The number of pyridine rings is 1. The van der Waals surface area contributed by atoms with E-state index >= 15 is 0 Å². The number of ether oxygens (including phenoxy) is 1. The van der Waals surface area contributed by atoms with E-state index in [0.29, 0.717) is 5.13 Å². The van der Waals surface area contributed by atoms with Crippen LogP contribution in [-0.4, -0.2) is 28.7 Å². The highest BCUT2D eigenvalue weighted by Crippen LogP contribution is 2.22. The molecule has 2 aromatic heterocycles. The van der Waals surface area contributed by atoms with Gasteiger partial charge in [0.2, 0.25) is 5.88 Å². The number of carbonyl (C=O) groups is 1. The van der Waals surface area contributed by atoms with Gasteiger partial charge in [-0.05, 0) is 19.1 Å². The van der Waals surface area contributed by atoms with Crippen LogP contribution in [0.3, 0.4) is 0 Å². The molecule has 0 radical (unpaired) electrons. The van der Waals surface area contributed by atoms with E-state index in [0.717, 1.165) is 5.69 Å². The number of anilines is 1. The molecule has 0 aliphatic heterocycles. The molecule has 9 heteroatoms. The molecule has 0 bridgehead atoms.